The van der Waals surface area contributed by atoms with Gasteiger partial charge >= 0.3 is 0 Å². The van der Waals surface area contributed by atoms with Crippen molar-refractivity contribution in [3.63, 3.8) is 0 Å². The van der Waals surface area contributed by atoms with Gasteiger partial charge in [0.2, 0.25) is 0 Å². The van der Waals surface area contributed by atoms with E-state index in [1.807, 2.05) is 13.0 Å². The van der Waals surface area contributed by atoms with E-state index in [4.69, 9.17) is 15.2 Å². The fourth-order valence-electron chi connectivity index (χ4n) is 5.74. The molecule has 2 fully saturated rings. The third-order valence-corrected chi connectivity index (χ3v) is 7.85. The SMILES string of the molecule is Cc1nc2c(-c3cc4c(CN(C)C5CCC6(CC5)OCC(C)(C)CO6)cccc4[nH]3)cc(N)nc2[nH]1. The number of pyridine rings is 1. The Balaban J connectivity index is 1.21. The van der Waals surface area contributed by atoms with E-state index < -0.39 is 0 Å². The average Bonchev–Trinajstić information content (AvgIpc) is 3.44. The summed E-state index contributed by atoms with van der Waals surface area (Å²) in [7, 11) is 2.24. The van der Waals surface area contributed by atoms with Crippen molar-refractivity contribution in [1.29, 1.82) is 0 Å². The molecule has 6 rings (SSSR count). The molecule has 4 heterocycles. The Hall–Kier alpha value is -2.94. The van der Waals surface area contributed by atoms with Crippen LogP contribution in [-0.4, -0.2) is 56.9 Å². The molecule has 2 aliphatic rings. The van der Waals surface area contributed by atoms with Gasteiger partial charge < -0.3 is 25.2 Å². The molecule has 0 unspecified atom stereocenters. The molecule has 0 amide bonds. The van der Waals surface area contributed by atoms with E-state index in [-0.39, 0.29) is 11.2 Å². The molecule has 1 aromatic carbocycles. The number of nitrogens with two attached hydrogens (primary N) is 1. The van der Waals surface area contributed by atoms with E-state index in [9.17, 15) is 0 Å². The lowest BCUT2D eigenvalue weighted by Crippen LogP contribution is -2.51. The van der Waals surface area contributed by atoms with Gasteiger partial charge in [0, 0.05) is 53.0 Å². The zero-order valence-corrected chi connectivity index (χ0v) is 21.6. The summed E-state index contributed by atoms with van der Waals surface area (Å²) in [5.41, 5.74) is 12.1. The van der Waals surface area contributed by atoms with Crippen LogP contribution in [0.25, 0.3) is 33.3 Å². The minimum absolute atomic E-state index is 0.108. The number of hydrogen-bond acceptors (Lipinski definition) is 6. The van der Waals surface area contributed by atoms with Gasteiger partial charge in [0.25, 0.3) is 0 Å². The monoisotopic (exact) mass is 488 g/mol. The van der Waals surface area contributed by atoms with Crippen molar-refractivity contribution in [2.75, 3.05) is 26.0 Å². The number of anilines is 1. The summed E-state index contributed by atoms with van der Waals surface area (Å²) in [6.45, 7) is 8.78. The molecule has 0 atom stereocenters. The maximum absolute atomic E-state index is 6.25. The van der Waals surface area contributed by atoms with Gasteiger partial charge in [-0.15, -0.1) is 0 Å². The van der Waals surface area contributed by atoms with Gasteiger partial charge in [0.15, 0.2) is 11.4 Å². The molecule has 4 N–H and O–H groups in total. The number of nitrogens with zero attached hydrogens (tertiary/aromatic N) is 3. The molecule has 8 heteroatoms. The van der Waals surface area contributed by atoms with Gasteiger partial charge in [0.05, 0.1) is 13.2 Å². The van der Waals surface area contributed by atoms with Crippen LogP contribution < -0.4 is 5.73 Å². The van der Waals surface area contributed by atoms with Crippen molar-refractivity contribution in [3.05, 3.63) is 41.7 Å². The van der Waals surface area contributed by atoms with E-state index in [1.54, 1.807) is 0 Å². The number of nitrogen functional groups attached to an aromatic ring is 1. The maximum atomic E-state index is 6.25. The fraction of sp³-hybridized carbons (Fsp3) is 0.500. The van der Waals surface area contributed by atoms with Gasteiger partial charge in [-0.25, -0.2) is 9.97 Å². The predicted molar refractivity (Wildman–Crippen MR) is 142 cm³/mol. The molecule has 8 nitrogen and oxygen atoms in total. The minimum atomic E-state index is -0.370. The molecule has 3 aromatic heterocycles. The molecule has 0 bridgehead atoms. The number of rotatable bonds is 4. The Morgan fingerprint density at radius 3 is 2.58 bits per heavy atom. The third kappa shape index (κ3) is 4.27. The van der Waals surface area contributed by atoms with Crippen LogP contribution in [0.2, 0.25) is 0 Å². The Labute approximate surface area is 211 Å². The molecule has 190 valence electrons. The lowest BCUT2D eigenvalue weighted by molar-refractivity contribution is -0.312. The Kier molecular flexibility index (Phi) is 5.59. The Morgan fingerprint density at radius 2 is 1.83 bits per heavy atom. The molecule has 1 spiro atoms. The zero-order chi connectivity index (χ0) is 25.1. The van der Waals surface area contributed by atoms with Gasteiger partial charge in [-0.3, -0.25) is 4.90 Å². The van der Waals surface area contributed by atoms with Crippen LogP contribution in [0.15, 0.2) is 30.3 Å². The summed E-state index contributed by atoms with van der Waals surface area (Å²) in [5.74, 6) is 0.930. The third-order valence-electron chi connectivity index (χ3n) is 7.85. The highest BCUT2D eigenvalue weighted by Gasteiger charge is 2.43. The second kappa shape index (κ2) is 8.57. The van der Waals surface area contributed by atoms with Gasteiger partial charge in [-0.2, -0.15) is 0 Å². The van der Waals surface area contributed by atoms with Crippen LogP contribution >= 0.6 is 0 Å². The number of imidazole rings is 1. The summed E-state index contributed by atoms with van der Waals surface area (Å²) >= 11 is 0. The highest BCUT2D eigenvalue weighted by molar-refractivity contribution is 5.96. The first-order chi connectivity index (χ1) is 17.2. The van der Waals surface area contributed by atoms with Crippen molar-refractivity contribution in [1.82, 2.24) is 24.8 Å². The summed E-state index contributed by atoms with van der Waals surface area (Å²) in [6, 6.07) is 11.1. The molecule has 0 radical (unpaired) electrons. The number of benzene rings is 1. The molecular weight excluding hydrogens is 452 g/mol. The number of fused-ring (bicyclic) bond motifs is 2. The molecule has 36 heavy (non-hydrogen) atoms. The topological polar surface area (TPSA) is 105 Å². The van der Waals surface area contributed by atoms with Gasteiger partial charge in [0.1, 0.15) is 17.2 Å². The first-order valence-electron chi connectivity index (χ1n) is 12.9. The van der Waals surface area contributed by atoms with E-state index in [1.165, 1.54) is 10.9 Å². The molecule has 1 saturated carbocycles. The Morgan fingerprint density at radius 1 is 1.08 bits per heavy atom. The number of aromatic amines is 2. The molecule has 1 aliphatic carbocycles. The first kappa shape index (κ1) is 23.5. The quantitative estimate of drug-likeness (QED) is 0.367. The van der Waals surface area contributed by atoms with Crippen LogP contribution in [0, 0.1) is 12.3 Å². The Bertz CT molecular complexity index is 1400. The van der Waals surface area contributed by atoms with Crippen LogP contribution in [-0.2, 0) is 16.0 Å². The number of ether oxygens (including phenoxy) is 2. The van der Waals surface area contributed by atoms with E-state index in [2.05, 4.69) is 70.0 Å². The number of H-pyrrole nitrogens is 2. The second-order valence-corrected chi connectivity index (χ2v) is 11.5. The van der Waals surface area contributed by atoms with E-state index in [0.717, 1.165) is 73.6 Å². The van der Waals surface area contributed by atoms with Crippen molar-refractivity contribution in [2.45, 2.75) is 64.8 Å². The van der Waals surface area contributed by atoms with Gasteiger partial charge in [-0.1, -0.05) is 26.0 Å². The molecule has 1 saturated heterocycles. The number of hydrogen-bond donors (Lipinski definition) is 3. The smallest absolute Gasteiger partial charge is 0.168 e. The van der Waals surface area contributed by atoms with Crippen LogP contribution in [0.5, 0.6) is 0 Å². The summed E-state index contributed by atoms with van der Waals surface area (Å²) < 4.78 is 12.5. The minimum Gasteiger partial charge on any atom is -0.384 e. The van der Waals surface area contributed by atoms with E-state index >= 15 is 0 Å². The van der Waals surface area contributed by atoms with Crippen molar-refractivity contribution >= 4 is 27.9 Å². The second-order valence-electron chi connectivity index (χ2n) is 11.5. The van der Waals surface area contributed by atoms with Crippen LogP contribution in [0.1, 0.15) is 50.9 Å². The summed E-state index contributed by atoms with van der Waals surface area (Å²) in [5, 5.41) is 1.23. The van der Waals surface area contributed by atoms with Crippen LogP contribution in [0.3, 0.4) is 0 Å². The molecule has 1 aliphatic heterocycles. The number of aryl methyl sites for hydroxylation is 1. The van der Waals surface area contributed by atoms with E-state index in [0.29, 0.717) is 17.5 Å². The number of aromatic nitrogens is 4. The predicted octanol–water partition coefficient (Wildman–Crippen LogP) is 5.14. The lowest BCUT2D eigenvalue weighted by Gasteiger charge is -2.47. The van der Waals surface area contributed by atoms with Crippen molar-refractivity contribution < 1.29 is 9.47 Å². The average molecular weight is 489 g/mol. The molecule has 4 aromatic rings. The zero-order valence-electron chi connectivity index (χ0n) is 21.6. The first-order valence-corrected chi connectivity index (χ1v) is 12.9. The largest absolute Gasteiger partial charge is 0.384 e. The maximum Gasteiger partial charge on any atom is 0.168 e. The highest BCUT2D eigenvalue weighted by Crippen LogP contribution is 2.40. The molecular formula is C28H36N6O2. The van der Waals surface area contributed by atoms with Gasteiger partial charge in [-0.05, 0) is 50.6 Å². The van der Waals surface area contributed by atoms with Crippen LogP contribution in [0.4, 0.5) is 5.82 Å². The van der Waals surface area contributed by atoms with Crippen molar-refractivity contribution in [2.24, 2.45) is 5.41 Å². The standard InChI is InChI=1S/C28H36N6O2/c1-17-30-25-21(13-24(29)33-26(25)31-17)23-12-20-18(6-5-7-22(20)32-23)14-34(4)19-8-10-28(11-9-19)35-15-27(2,3)16-36-28/h5-7,12-13,19,32H,8-11,14-16H2,1-4H3,(H3,29,30,31,33). The summed E-state index contributed by atoms with van der Waals surface area (Å²) in [4.78, 5) is 18.3. The fourth-order valence-corrected chi connectivity index (χ4v) is 5.74. The normalized spacial score (nSPS) is 20.1. The number of nitrogens with one attached hydrogen (secondary N) is 2. The highest BCUT2D eigenvalue weighted by atomic mass is 16.7. The van der Waals surface area contributed by atoms with Crippen molar-refractivity contribution in [3.8, 4) is 11.3 Å². The lowest BCUT2D eigenvalue weighted by atomic mass is 9.86. The summed E-state index contributed by atoms with van der Waals surface area (Å²) in [6.07, 6.45) is 4.08.